The van der Waals surface area contributed by atoms with Crippen LogP contribution in [-0.2, 0) is 0 Å². The van der Waals surface area contributed by atoms with Gasteiger partial charge in [-0.1, -0.05) is 96.1 Å². The highest BCUT2D eigenvalue weighted by Gasteiger charge is 2.34. The van der Waals surface area contributed by atoms with Crippen LogP contribution in [0, 0.1) is 25.2 Å². The molecule has 2 amide bonds. The molecule has 0 aliphatic rings. The molecule has 0 spiro atoms. The van der Waals surface area contributed by atoms with Crippen molar-refractivity contribution in [1.82, 2.24) is 0 Å². The molecule has 0 atom stereocenters. The minimum absolute atomic E-state index is 0.107. The summed E-state index contributed by atoms with van der Waals surface area (Å²) in [5.41, 5.74) is 4.65. The monoisotopic (exact) mass is 496 g/mol. The van der Waals surface area contributed by atoms with Crippen molar-refractivity contribution < 1.29 is 14.0 Å². The van der Waals surface area contributed by atoms with Gasteiger partial charge in [-0.3, -0.25) is 9.59 Å². The Morgan fingerprint density at radius 1 is 0.658 bits per heavy atom. The highest BCUT2D eigenvalue weighted by molar-refractivity contribution is 6.26. The molecule has 0 bridgehead atoms. The lowest BCUT2D eigenvalue weighted by Crippen LogP contribution is -2.37. The van der Waals surface area contributed by atoms with Crippen LogP contribution in [0.3, 0.4) is 0 Å². The zero-order valence-corrected chi connectivity index (χ0v) is 21.0. The summed E-state index contributed by atoms with van der Waals surface area (Å²) in [5.74, 6) is -0.872. The van der Waals surface area contributed by atoms with Crippen LogP contribution in [0.25, 0.3) is 22.5 Å². The van der Waals surface area contributed by atoms with E-state index >= 15 is 0 Å². The van der Waals surface area contributed by atoms with E-state index < -0.39 is 11.8 Å². The first-order chi connectivity index (χ1) is 18.5. The highest BCUT2D eigenvalue weighted by atomic mass is 16.4. The Morgan fingerprint density at radius 3 is 1.55 bits per heavy atom. The zero-order chi connectivity index (χ0) is 26.6. The fourth-order valence-corrected chi connectivity index (χ4v) is 4.28. The summed E-state index contributed by atoms with van der Waals surface area (Å²) in [6, 6.07) is 34.8. The summed E-state index contributed by atoms with van der Waals surface area (Å²) >= 11 is 0. The first-order valence-electron chi connectivity index (χ1n) is 12.2. The Kier molecular flexibility index (Phi) is 6.71. The summed E-state index contributed by atoms with van der Waals surface area (Å²) in [7, 11) is 0. The van der Waals surface area contributed by atoms with Gasteiger partial charge < -0.3 is 4.42 Å². The van der Waals surface area contributed by atoms with Crippen molar-refractivity contribution in [1.29, 1.82) is 5.26 Å². The van der Waals surface area contributed by atoms with Crippen LogP contribution in [0.15, 0.2) is 114 Å². The van der Waals surface area contributed by atoms with Gasteiger partial charge in [0, 0.05) is 22.3 Å². The van der Waals surface area contributed by atoms with E-state index in [9.17, 15) is 14.9 Å². The molecule has 4 aromatic carbocycles. The topological polar surface area (TPSA) is 74.3 Å². The van der Waals surface area contributed by atoms with Gasteiger partial charge in [0.1, 0.15) is 17.4 Å². The van der Waals surface area contributed by atoms with E-state index in [0.717, 1.165) is 27.2 Å². The maximum absolute atomic E-state index is 13.9. The standard InChI is InChI=1S/C33H24N2O3/c1-22-13-17-26(18-14-22)31(36)35(32(37)27-19-15-23(2)16-20-27)33-28(21-34)29(24-9-5-3-6-10-24)30(38-33)25-11-7-4-8-12-25/h3-20H,1-2H3. The number of rotatable bonds is 5. The van der Waals surface area contributed by atoms with Crippen LogP contribution < -0.4 is 4.90 Å². The second-order valence-electron chi connectivity index (χ2n) is 9.01. The quantitative estimate of drug-likeness (QED) is 0.235. The third kappa shape index (κ3) is 4.63. The Labute approximate surface area is 221 Å². The van der Waals surface area contributed by atoms with Crippen molar-refractivity contribution in [2.75, 3.05) is 4.90 Å². The van der Waals surface area contributed by atoms with Gasteiger partial charge in [0.25, 0.3) is 11.8 Å². The third-order valence-corrected chi connectivity index (χ3v) is 6.31. The number of benzene rings is 4. The van der Waals surface area contributed by atoms with Gasteiger partial charge in [0.15, 0.2) is 0 Å². The van der Waals surface area contributed by atoms with Gasteiger partial charge in [-0.25, -0.2) is 4.90 Å². The van der Waals surface area contributed by atoms with Gasteiger partial charge in [-0.05, 0) is 43.7 Å². The molecule has 5 nitrogen and oxygen atoms in total. The molecule has 5 aromatic rings. The molecule has 1 aromatic heterocycles. The predicted octanol–water partition coefficient (Wildman–Crippen LogP) is 7.59. The van der Waals surface area contributed by atoms with Gasteiger partial charge in [-0.15, -0.1) is 0 Å². The average molecular weight is 497 g/mol. The number of aryl methyl sites for hydroxylation is 2. The summed E-state index contributed by atoms with van der Waals surface area (Å²) < 4.78 is 6.33. The van der Waals surface area contributed by atoms with Crippen LogP contribution in [0.1, 0.15) is 37.4 Å². The number of imide groups is 1. The maximum atomic E-state index is 13.9. The molecule has 184 valence electrons. The summed E-state index contributed by atoms with van der Waals surface area (Å²) in [6.45, 7) is 3.84. The van der Waals surface area contributed by atoms with E-state index in [1.807, 2.05) is 74.5 Å². The molecule has 0 saturated heterocycles. The Morgan fingerprint density at radius 2 is 1.11 bits per heavy atom. The number of nitrogens with zero attached hydrogens (tertiary/aromatic N) is 2. The number of nitriles is 1. The molecule has 0 radical (unpaired) electrons. The molecule has 5 rings (SSSR count). The Hall–Kier alpha value is -5.21. The van der Waals surface area contributed by atoms with Gasteiger partial charge in [0.2, 0.25) is 5.88 Å². The van der Waals surface area contributed by atoms with Crippen LogP contribution in [0.4, 0.5) is 5.88 Å². The van der Waals surface area contributed by atoms with E-state index in [1.165, 1.54) is 0 Å². The number of carbonyl (C=O) groups excluding carboxylic acids is 2. The Balaban J connectivity index is 1.77. The number of amides is 2. The lowest BCUT2D eigenvalue weighted by Gasteiger charge is -2.19. The Bertz CT molecular complexity index is 1590. The fourth-order valence-electron chi connectivity index (χ4n) is 4.28. The van der Waals surface area contributed by atoms with E-state index in [2.05, 4.69) is 6.07 Å². The van der Waals surface area contributed by atoms with Crippen LogP contribution >= 0.6 is 0 Å². The average Bonchev–Trinajstić information content (AvgIpc) is 3.34. The molecule has 0 saturated carbocycles. The van der Waals surface area contributed by atoms with Gasteiger partial charge in [-0.2, -0.15) is 5.26 Å². The predicted molar refractivity (Wildman–Crippen MR) is 148 cm³/mol. The SMILES string of the molecule is Cc1ccc(C(=O)N(C(=O)c2ccc(C)cc2)c2oc(-c3ccccc3)c(-c3ccccc3)c2C#N)cc1. The van der Waals surface area contributed by atoms with Crippen molar-refractivity contribution in [2.24, 2.45) is 0 Å². The lowest BCUT2D eigenvalue weighted by molar-refractivity contribution is 0.0891. The number of hydrogen-bond donors (Lipinski definition) is 0. The molecular formula is C33H24N2O3. The molecule has 5 heteroatoms. The highest BCUT2D eigenvalue weighted by Crippen LogP contribution is 2.43. The van der Waals surface area contributed by atoms with Crippen molar-refractivity contribution in [3.8, 4) is 28.5 Å². The minimum atomic E-state index is -0.583. The second-order valence-corrected chi connectivity index (χ2v) is 9.01. The summed E-state index contributed by atoms with van der Waals surface area (Å²) in [5, 5.41) is 10.4. The second kappa shape index (κ2) is 10.4. The number of anilines is 1. The first kappa shape index (κ1) is 24.5. The lowest BCUT2D eigenvalue weighted by atomic mass is 9.98. The van der Waals surface area contributed by atoms with Crippen LogP contribution in [0.5, 0.6) is 0 Å². The fraction of sp³-hybridized carbons (Fsp3) is 0.0606. The number of carbonyl (C=O) groups is 2. The van der Waals surface area contributed by atoms with Crippen molar-refractivity contribution in [3.63, 3.8) is 0 Å². The van der Waals surface area contributed by atoms with Crippen molar-refractivity contribution in [2.45, 2.75) is 13.8 Å². The van der Waals surface area contributed by atoms with Crippen molar-refractivity contribution >= 4 is 17.7 Å². The molecule has 0 aliphatic carbocycles. The summed E-state index contributed by atoms with van der Waals surface area (Å²) in [6.07, 6.45) is 0. The van der Waals surface area contributed by atoms with E-state index in [-0.39, 0.29) is 11.4 Å². The first-order valence-corrected chi connectivity index (χ1v) is 12.2. The third-order valence-electron chi connectivity index (χ3n) is 6.31. The zero-order valence-electron chi connectivity index (χ0n) is 21.0. The molecular weight excluding hydrogens is 472 g/mol. The van der Waals surface area contributed by atoms with Gasteiger partial charge in [0.05, 0.1) is 0 Å². The largest absolute Gasteiger partial charge is 0.437 e. The van der Waals surface area contributed by atoms with E-state index in [4.69, 9.17) is 4.42 Å². The number of furan rings is 1. The molecule has 0 fully saturated rings. The van der Waals surface area contributed by atoms with Crippen LogP contribution in [0.2, 0.25) is 0 Å². The smallest absolute Gasteiger partial charge is 0.267 e. The molecule has 0 N–H and O–H groups in total. The molecule has 1 heterocycles. The van der Waals surface area contributed by atoms with Crippen LogP contribution in [-0.4, -0.2) is 11.8 Å². The van der Waals surface area contributed by atoms with Crippen molar-refractivity contribution in [3.05, 3.63) is 137 Å². The van der Waals surface area contributed by atoms with Gasteiger partial charge >= 0.3 is 0 Å². The summed E-state index contributed by atoms with van der Waals surface area (Å²) in [4.78, 5) is 28.9. The molecule has 38 heavy (non-hydrogen) atoms. The normalized spacial score (nSPS) is 10.6. The van der Waals surface area contributed by atoms with E-state index in [1.54, 1.807) is 48.5 Å². The maximum Gasteiger partial charge on any atom is 0.267 e. The minimum Gasteiger partial charge on any atom is -0.437 e. The van der Waals surface area contributed by atoms with E-state index in [0.29, 0.717) is 22.5 Å². The molecule has 0 aliphatic heterocycles. The molecule has 0 unspecified atom stereocenters. The number of hydrogen-bond acceptors (Lipinski definition) is 4.